The maximum absolute atomic E-state index is 3.45. The van der Waals surface area contributed by atoms with E-state index in [1.807, 2.05) is 11.8 Å². The van der Waals surface area contributed by atoms with Crippen molar-refractivity contribution in [1.82, 2.24) is 5.32 Å². The molecule has 0 amide bonds. The molecule has 0 aliphatic heterocycles. The molecule has 0 atom stereocenters. The van der Waals surface area contributed by atoms with Crippen molar-refractivity contribution < 1.29 is 0 Å². The monoisotopic (exact) mass is 221 g/mol. The van der Waals surface area contributed by atoms with Crippen molar-refractivity contribution in [3.8, 4) is 0 Å². The Morgan fingerprint density at radius 1 is 1.27 bits per heavy atom. The van der Waals surface area contributed by atoms with Crippen molar-refractivity contribution in [1.29, 1.82) is 0 Å². The summed E-state index contributed by atoms with van der Waals surface area (Å²) in [6.07, 6.45) is 4.93. The van der Waals surface area contributed by atoms with Crippen LogP contribution in [0, 0.1) is 0 Å². The lowest BCUT2D eigenvalue weighted by Crippen LogP contribution is -2.16. The fourth-order valence-electron chi connectivity index (χ4n) is 1.73. The predicted molar refractivity (Wildman–Crippen MR) is 68.5 cm³/mol. The SMILES string of the molecule is CSCCNCc1ccc(C2CC2)cc1. The molecule has 82 valence electrons. The Labute approximate surface area is 96.7 Å². The Balaban J connectivity index is 1.76. The van der Waals surface area contributed by atoms with Crippen LogP contribution < -0.4 is 5.32 Å². The summed E-state index contributed by atoms with van der Waals surface area (Å²) in [4.78, 5) is 0. The van der Waals surface area contributed by atoms with E-state index in [4.69, 9.17) is 0 Å². The van der Waals surface area contributed by atoms with Crippen LogP contribution in [0.5, 0.6) is 0 Å². The minimum atomic E-state index is 0.878. The number of hydrogen-bond acceptors (Lipinski definition) is 2. The van der Waals surface area contributed by atoms with Crippen molar-refractivity contribution in [2.75, 3.05) is 18.6 Å². The van der Waals surface area contributed by atoms with Crippen molar-refractivity contribution in [2.45, 2.75) is 25.3 Å². The van der Waals surface area contributed by atoms with Crippen molar-refractivity contribution in [3.05, 3.63) is 35.4 Å². The van der Waals surface area contributed by atoms with Gasteiger partial charge in [-0.3, -0.25) is 0 Å². The van der Waals surface area contributed by atoms with Crippen LogP contribution in [0.2, 0.25) is 0 Å². The van der Waals surface area contributed by atoms with E-state index in [0.29, 0.717) is 0 Å². The van der Waals surface area contributed by atoms with E-state index < -0.39 is 0 Å². The minimum absolute atomic E-state index is 0.878. The van der Waals surface area contributed by atoms with Crippen LogP contribution in [-0.2, 0) is 6.54 Å². The lowest BCUT2D eigenvalue weighted by molar-refractivity contribution is 0.732. The average molecular weight is 221 g/mol. The molecule has 0 aromatic heterocycles. The Hall–Kier alpha value is -0.470. The summed E-state index contributed by atoms with van der Waals surface area (Å²) in [5.41, 5.74) is 2.93. The summed E-state index contributed by atoms with van der Waals surface area (Å²) in [7, 11) is 0. The molecular formula is C13H19NS. The predicted octanol–water partition coefficient (Wildman–Crippen LogP) is 3.02. The molecule has 1 aromatic carbocycles. The second-order valence-electron chi connectivity index (χ2n) is 4.19. The first-order chi connectivity index (χ1) is 7.40. The Kier molecular flexibility index (Phi) is 4.09. The van der Waals surface area contributed by atoms with E-state index in [2.05, 4.69) is 35.8 Å². The maximum Gasteiger partial charge on any atom is 0.0205 e. The molecule has 0 radical (unpaired) electrons. The number of benzene rings is 1. The molecule has 1 N–H and O–H groups in total. The molecule has 2 heteroatoms. The zero-order valence-electron chi connectivity index (χ0n) is 9.33. The van der Waals surface area contributed by atoms with E-state index in [9.17, 15) is 0 Å². The molecule has 1 saturated carbocycles. The quantitative estimate of drug-likeness (QED) is 0.741. The summed E-state index contributed by atoms with van der Waals surface area (Å²) < 4.78 is 0. The maximum atomic E-state index is 3.45. The van der Waals surface area contributed by atoms with E-state index in [1.165, 1.54) is 29.7 Å². The normalized spacial score (nSPS) is 15.5. The largest absolute Gasteiger partial charge is 0.312 e. The highest BCUT2D eigenvalue weighted by Gasteiger charge is 2.22. The van der Waals surface area contributed by atoms with Crippen LogP contribution in [0.15, 0.2) is 24.3 Å². The molecule has 0 unspecified atom stereocenters. The van der Waals surface area contributed by atoms with Gasteiger partial charge in [0.2, 0.25) is 0 Å². The minimum Gasteiger partial charge on any atom is -0.312 e. The van der Waals surface area contributed by atoms with Crippen molar-refractivity contribution >= 4 is 11.8 Å². The van der Waals surface area contributed by atoms with Gasteiger partial charge in [-0.1, -0.05) is 24.3 Å². The Morgan fingerprint density at radius 3 is 2.60 bits per heavy atom. The van der Waals surface area contributed by atoms with Crippen LogP contribution in [0.4, 0.5) is 0 Å². The van der Waals surface area contributed by atoms with Crippen LogP contribution in [0.1, 0.15) is 29.9 Å². The highest BCUT2D eigenvalue weighted by molar-refractivity contribution is 7.98. The van der Waals surface area contributed by atoms with Gasteiger partial charge in [0.15, 0.2) is 0 Å². The highest BCUT2D eigenvalue weighted by atomic mass is 32.2. The molecule has 1 aromatic rings. The summed E-state index contributed by atoms with van der Waals surface area (Å²) in [6.45, 7) is 2.11. The molecule has 1 nitrogen and oxygen atoms in total. The molecular weight excluding hydrogens is 202 g/mol. The average Bonchev–Trinajstić information content (AvgIpc) is 3.09. The van der Waals surface area contributed by atoms with E-state index in [0.717, 1.165) is 19.0 Å². The molecule has 0 bridgehead atoms. The highest BCUT2D eigenvalue weighted by Crippen LogP contribution is 2.39. The number of hydrogen-bond donors (Lipinski definition) is 1. The molecule has 0 saturated heterocycles. The fourth-order valence-corrected chi connectivity index (χ4v) is 2.08. The number of rotatable bonds is 6. The first kappa shape index (κ1) is 11.0. The number of thioether (sulfide) groups is 1. The second-order valence-corrected chi connectivity index (χ2v) is 5.17. The van der Waals surface area contributed by atoms with E-state index in [1.54, 1.807) is 0 Å². The van der Waals surface area contributed by atoms with Gasteiger partial charge in [0, 0.05) is 18.8 Å². The lowest BCUT2D eigenvalue weighted by Gasteiger charge is -2.05. The van der Waals surface area contributed by atoms with E-state index >= 15 is 0 Å². The van der Waals surface area contributed by atoms with Gasteiger partial charge in [0.1, 0.15) is 0 Å². The zero-order chi connectivity index (χ0) is 10.5. The van der Waals surface area contributed by atoms with Gasteiger partial charge in [-0.2, -0.15) is 11.8 Å². The summed E-state index contributed by atoms with van der Waals surface area (Å²) >= 11 is 1.89. The molecule has 0 heterocycles. The van der Waals surface area contributed by atoms with E-state index in [-0.39, 0.29) is 0 Å². The first-order valence-corrected chi connectivity index (χ1v) is 7.08. The summed E-state index contributed by atoms with van der Waals surface area (Å²) in [5.74, 6) is 2.07. The van der Waals surface area contributed by atoms with Gasteiger partial charge >= 0.3 is 0 Å². The molecule has 1 aliphatic rings. The van der Waals surface area contributed by atoms with Crippen LogP contribution >= 0.6 is 11.8 Å². The van der Waals surface area contributed by atoms with Gasteiger partial charge in [-0.25, -0.2) is 0 Å². The standard InChI is InChI=1S/C13H19NS/c1-15-9-8-14-10-11-2-4-12(5-3-11)13-6-7-13/h2-5,13-14H,6-10H2,1H3. The first-order valence-electron chi connectivity index (χ1n) is 5.68. The fraction of sp³-hybridized carbons (Fsp3) is 0.538. The Morgan fingerprint density at radius 2 is 2.00 bits per heavy atom. The summed E-state index contributed by atoms with van der Waals surface area (Å²) in [5, 5.41) is 3.45. The Bertz CT molecular complexity index is 290. The molecule has 0 spiro atoms. The second kappa shape index (κ2) is 5.57. The third-order valence-corrected chi connectivity index (χ3v) is 3.45. The third kappa shape index (κ3) is 3.54. The molecule has 1 aliphatic carbocycles. The van der Waals surface area contributed by atoms with Crippen molar-refractivity contribution in [2.24, 2.45) is 0 Å². The van der Waals surface area contributed by atoms with Crippen LogP contribution in [0.25, 0.3) is 0 Å². The smallest absolute Gasteiger partial charge is 0.0205 e. The zero-order valence-corrected chi connectivity index (χ0v) is 10.1. The molecule has 2 rings (SSSR count). The van der Waals surface area contributed by atoms with Crippen molar-refractivity contribution in [3.63, 3.8) is 0 Å². The topological polar surface area (TPSA) is 12.0 Å². The van der Waals surface area contributed by atoms with Gasteiger partial charge in [-0.15, -0.1) is 0 Å². The third-order valence-electron chi connectivity index (χ3n) is 2.84. The number of nitrogens with one attached hydrogen (secondary N) is 1. The van der Waals surface area contributed by atoms with Crippen LogP contribution in [-0.4, -0.2) is 18.6 Å². The van der Waals surface area contributed by atoms with Gasteiger partial charge in [0.25, 0.3) is 0 Å². The van der Waals surface area contributed by atoms with Gasteiger partial charge < -0.3 is 5.32 Å². The van der Waals surface area contributed by atoms with Crippen LogP contribution in [0.3, 0.4) is 0 Å². The molecule has 15 heavy (non-hydrogen) atoms. The summed E-state index contributed by atoms with van der Waals surface area (Å²) in [6, 6.07) is 9.12. The molecule has 1 fully saturated rings. The van der Waals surface area contributed by atoms with Gasteiger partial charge in [0.05, 0.1) is 0 Å². The van der Waals surface area contributed by atoms with Gasteiger partial charge in [-0.05, 0) is 36.1 Å². The lowest BCUT2D eigenvalue weighted by atomic mass is 10.1.